The van der Waals surface area contributed by atoms with Gasteiger partial charge in [0.1, 0.15) is 6.61 Å². The summed E-state index contributed by atoms with van der Waals surface area (Å²) in [6.45, 7) is 0.542. The topological polar surface area (TPSA) is 37.9 Å². The van der Waals surface area contributed by atoms with E-state index >= 15 is 0 Å². The van der Waals surface area contributed by atoms with E-state index in [9.17, 15) is 0 Å². The van der Waals surface area contributed by atoms with Gasteiger partial charge in [0, 0.05) is 23.8 Å². The molecule has 0 saturated carbocycles. The molecule has 3 heteroatoms. The van der Waals surface area contributed by atoms with E-state index in [2.05, 4.69) is 9.97 Å². The van der Waals surface area contributed by atoms with E-state index in [-0.39, 0.29) is 0 Å². The predicted octanol–water partition coefficient (Wildman–Crippen LogP) is 3.14. The first-order chi connectivity index (χ1) is 8.42. The minimum Gasteiger partial charge on any atom is -0.473 e. The molecule has 0 amide bonds. The van der Waals surface area contributed by atoms with E-state index in [1.54, 1.807) is 0 Å². The van der Waals surface area contributed by atoms with Gasteiger partial charge in [0.15, 0.2) is 0 Å². The minimum atomic E-state index is 0.542. The normalized spacial score (nSPS) is 10.6. The monoisotopic (exact) mass is 224 g/mol. The molecule has 17 heavy (non-hydrogen) atoms. The van der Waals surface area contributed by atoms with Crippen molar-refractivity contribution in [3.8, 4) is 5.88 Å². The molecule has 1 aromatic carbocycles. The molecule has 3 nitrogen and oxygen atoms in total. The molecule has 0 bridgehead atoms. The molecule has 0 atom stereocenters. The van der Waals surface area contributed by atoms with Crippen LogP contribution in [0.4, 0.5) is 0 Å². The number of rotatable bonds is 3. The number of pyridine rings is 1. The number of H-pyrrole nitrogens is 1. The molecule has 1 N–H and O–H groups in total. The van der Waals surface area contributed by atoms with Crippen LogP contribution in [0.15, 0.2) is 54.9 Å². The summed E-state index contributed by atoms with van der Waals surface area (Å²) < 4.78 is 5.64. The number of hydrogen-bond donors (Lipinski definition) is 1. The molecule has 84 valence electrons. The zero-order chi connectivity index (χ0) is 11.5. The highest BCUT2D eigenvalue weighted by molar-refractivity contribution is 5.78. The second kappa shape index (κ2) is 4.29. The van der Waals surface area contributed by atoms with Gasteiger partial charge < -0.3 is 9.72 Å². The van der Waals surface area contributed by atoms with Crippen molar-refractivity contribution < 1.29 is 4.74 Å². The summed E-state index contributed by atoms with van der Waals surface area (Å²) >= 11 is 0. The van der Waals surface area contributed by atoms with Gasteiger partial charge in [0.2, 0.25) is 5.88 Å². The van der Waals surface area contributed by atoms with Gasteiger partial charge >= 0.3 is 0 Å². The quantitative estimate of drug-likeness (QED) is 0.742. The van der Waals surface area contributed by atoms with Gasteiger partial charge in [-0.05, 0) is 11.6 Å². The van der Waals surface area contributed by atoms with Gasteiger partial charge in [0.25, 0.3) is 0 Å². The Labute approximate surface area is 99.1 Å². The van der Waals surface area contributed by atoms with Gasteiger partial charge in [-0.3, -0.25) is 0 Å². The Morgan fingerprint density at radius 3 is 2.88 bits per heavy atom. The maximum absolute atomic E-state index is 5.64. The van der Waals surface area contributed by atoms with Crippen LogP contribution in [0, 0.1) is 0 Å². The molecular weight excluding hydrogens is 212 g/mol. The van der Waals surface area contributed by atoms with Crippen molar-refractivity contribution in [1.82, 2.24) is 9.97 Å². The Hall–Kier alpha value is -2.29. The number of fused-ring (bicyclic) bond motifs is 1. The maximum Gasteiger partial charge on any atom is 0.215 e. The van der Waals surface area contributed by atoms with Crippen LogP contribution in [0.3, 0.4) is 0 Å². The number of hydrogen-bond acceptors (Lipinski definition) is 2. The third kappa shape index (κ3) is 2.13. The number of nitrogens with one attached hydrogen (secondary N) is 1. The number of aromatic amines is 1. The van der Waals surface area contributed by atoms with Crippen LogP contribution < -0.4 is 4.74 Å². The Morgan fingerprint density at radius 2 is 2.00 bits per heavy atom. The maximum atomic E-state index is 5.64. The van der Waals surface area contributed by atoms with E-state index in [1.807, 2.05) is 54.9 Å². The number of ether oxygens (including phenoxy) is 1. The van der Waals surface area contributed by atoms with Crippen molar-refractivity contribution in [3.05, 3.63) is 60.4 Å². The summed E-state index contributed by atoms with van der Waals surface area (Å²) in [7, 11) is 0. The van der Waals surface area contributed by atoms with Gasteiger partial charge in [0.05, 0.1) is 5.52 Å². The number of nitrogens with zero attached hydrogens (tertiary/aromatic N) is 1. The van der Waals surface area contributed by atoms with Crippen molar-refractivity contribution in [1.29, 1.82) is 0 Å². The van der Waals surface area contributed by atoms with Gasteiger partial charge in [-0.2, -0.15) is 0 Å². The summed E-state index contributed by atoms with van der Waals surface area (Å²) in [5.41, 5.74) is 2.18. The van der Waals surface area contributed by atoms with Gasteiger partial charge in [-0.25, -0.2) is 4.98 Å². The first kappa shape index (κ1) is 9.90. The molecule has 2 aromatic heterocycles. The fraction of sp³-hybridized carbons (Fsp3) is 0.0714. The smallest absolute Gasteiger partial charge is 0.215 e. The van der Waals surface area contributed by atoms with Crippen molar-refractivity contribution in [3.63, 3.8) is 0 Å². The van der Waals surface area contributed by atoms with Crippen molar-refractivity contribution in [2.45, 2.75) is 6.61 Å². The van der Waals surface area contributed by atoms with Crippen molar-refractivity contribution in [2.75, 3.05) is 0 Å². The van der Waals surface area contributed by atoms with Gasteiger partial charge in [-0.15, -0.1) is 0 Å². The van der Waals surface area contributed by atoms with Crippen LogP contribution in [-0.2, 0) is 6.61 Å². The largest absolute Gasteiger partial charge is 0.473 e. The first-order valence-electron chi connectivity index (χ1n) is 5.52. The van der Waals surface area contributed by atoms with E-state index in [1.165, 1.54) is 0 Å². The lowest BCUT2D eigenvalue weighted by molar-refractivity contribution is 0.294. The van der Waals surface area contributed by atoms with Crippen molar-refractivity contribution in [2.24, 2.45) is 0 Å². The molecule has 0 fully saturated rings. The SMILES string of the molecule is c1ccc(COc2cc3[nH]ccc3cn2)cc1. The Morgan fingerprint density at radius 1 is 1.12 bits per heavy atom. The van der Waals surface area contributed by atoms with Crippen LogP contribution >= 0.6 is 0 Å². The van der Waals surface area contributed by atoms with Crippen LogP contribution in [0.1, 0.15) is 5.56 Å². The molecule has 0 aliphatic rings. The van der Waals surface area contributed by atoms with E-state index < -0.39 is 0 Å². The molecule has 0 aliphatic carbocycles. The standard InChI is InChI=1S/C14H12N2O/c1-2-4-11(5-3-1)10-17-14-8-13-12(9-16-14)6-7-15-13/h1-9,15H,10H2. The molecule has 3 aromatic rings. The second-order valence-corrected chi connectivity index (χ2v) is 3.86. The average molecular weight is 224 g/mol. The highest BCUT2D eigenvalue weighted by Gasteiger charge is 2.00. The Bertz CT molecular complexity index is 616. The van der Waals surface area contributed by atoms with Crippen molar-refractivity contribution >= 4 is 10.9 Å². The molecule has 0 spiro atoms. The highest BCUT2D eigenvalue weighted by Crippen LogP contribution is 2.17. The Kier molecular flexibility index (Phi) is 2.50. The summed E-state index contributed by atoms with van der Waals surface area (Å²) in [5, 5.41) is 1.09. The lowest BCUT2D eigenvalue weighted by Crippen LogP contribution is -1.96. The van der Waals surface area contributed by atoms with E-state index in [0.717, 1.165) is 16.5 Å². The lowest BCUT2D eigenvalue weighted by atomic mass is 10.2. The first-order valence-corrected chi connectivity index (χ1v) is 5.52. The molecule has 0 unspecified atom stereocenters. The van der Waals surface area contributed by atoms with Crippen LogP contribution in [0.5, 0.6) is 5.88 Å². The van der Waals surface area contributed by atoms with Crippen LogP contribution in [0.2, 0.25) is 0 Å². The Balaban J connectivity index is 1.76. The fourth-order valence-corrected chi connectivity index (χ4v) is 1.74. The molecule has 0 saturated heterocycles. The minimum absolute atomic E-state index is 0.542. The number of aromatic nitrogens is 2. The summed E-state index contributed by atoms with van der Waals surface area (Å²) in [6, 6.07) is 14.0. The molecule has 3 rings (SSSR count). The molecular formula is C14H12N2O. The molecule has 2 heterocycles. The van der Waals surface area contributed by atoms with Gasteiger partial charge in [-0.1, -0.05) is 30.3 Å². The fourth-order valence-electron chi connectivity index (χ4n) is 1.74. The average Bonchev–Trinajstić information content (AvgIpc) is 2.85. The summed E-state index contributed by atoms with van der Waals surface area (Å²) in [5.74, 6) is 0.642. The zero-order valence-electron chi connectivity index (χ0n) is 9.26. The second-order valence-electron chi connectivity index (χ2n) is 3.86. The third-order valence-electron chi connectivity index (χ3n) is 2.64. The zero-order valence-corrected chi connectivity index (χ0v) is 9.26. The lowest BCUT2D eigenvalue weighted by Gasteiger charge is -2.04. The molecule has 0 radical (unpaired) electrons. The highest BCUT2D eigenvalue weighted by atomic mass is 16.5. The van der Waals surface area contributed by atoms with Crippen LogP contribution in [-0.4, -0.2) is 9.97 Å². The molecule has 0 aliphatic heterocycles. The van der Waals surface area contributed by atoms with E-state index in [0.29, 0.717) is 12.5 Å². The third-order valence-corrected chi connectivity index (χ3v) is 2.64. The van der Waals surface area contributed by atoms with Crippen LogP contribution in [0.25, 0.3) is 10.9 Å². The number of benzene rings is 1. The summed E-state index contributed by atoms with van der Waals surface area (Å²) in [4.78, 5) is 7.39. The van der Waals surface area contributed by atoms with E-state index in [4.69, 9.17) is 4.74 Å². The summed E-state index contributed by atoms with van der Waals surface area (Å²) in [6.07, 6.45) is 3.71. The predicted molar refractivity (Wildman–Crippen MR) is 66.9 cm³/mol.